The number of para-hydroxylation sites is 1. The number of hydrogen-bond acceptors (Lipinski definition) is 4. The van der Waals surface area contributed by atoms with Gasteiger partial charge in [-0.1, -0.05) is 60.7 Å². The van der Waals surface area contributed by atoms with E-state index in [-0.39, 0.29) is 23.9 Å². The number of hydrogen-bond donors (Lipinski definition) is 0. The van der Waals surface area contributed by atoms with Crippen LogP contribution in [0.2, 0.25) is 0 Å². The lowest BCUT2D eigenvalue weighted by molar-refractivity contribution is 0.0693. The first-order chi connectivity index (χ1) is 15.1. The molecule has 160 valence electrons. The van der Waals surface area contributed by atoms with E-state index in [4.69, 9.17) is 4.74 Å². The minimum Gasteiger partial charge on any atom is -0.488 e. The molecule has 7 heteroatoms. The molecule has 6 nitrogen and oxygen atoms in total. The van der Waals surface area contributed by atoms with Gasteiger partial charge in [0.15, 0.2) is 0 Å². The van der Waals surface area contributed by atoms with Crippen LogP contribution in [0.5, 0.6) is 5.75 Å². The minimum atomic E-state index is -3.55. The Hall–Kier alpha value is -3.16. The molecule has 0 spiro atoms. The van der Waals surface area contributed by atoms with Crippen molar-refractivity contribution >= 4 is 15.9 Å². The first-order valence-corrected chi connectivity index (χ1v) is 11.6. The van der Waals surface area contributed by atoms with Gasteiger partial charge in [0.2, 0.25) is 10.0 Å². The molecule has 0 radical (unpaired) electrons. The highest BCUT2D eigenvalue weighted by Crippen LogP contribution is 2.23. The molecular weight excluding hydrogens is 412 g/mol. The summed E-state index contributed by atoms with van der Waals surface area (Å²) < 4.78 is 33.0. The van der Waals surface area contributed by atoms with Crippen LogP contribution in [0.1, 0.15) is 15.9 Å². The number of piperazine rings is 1. The summed E-state index contributed by atoms with van der Waals surface area (Å²) in [6.07, 6.45) is 0. The lowest BCUT2D eigenvalue weighted by Gasteiger charge is -2.34. The summed E-state index contributed by atoms with van der Waals surface area (Å²) in [5, 5.41) is 0. The summed E-state index contributed by atoms with van der Waals surface area (Å²) >= 11 is 0. The van der Waals surface area contributed by atoms with Crippen LogP contribution in [-0.2, 0) is 16.6 Å². The van der Waals surface area contributed by atoms with Crippen molar-refractivity contribution < 1.29 is 17.9 Å². The average molecular weight is 437 g/mol. The van der Waals surface area contributed by atoms with Gasteiger partial charge in [-0.15, -0.1) is 0 Å². The maximum Gasteiger partial charge on any atom is 0.257 e. The van der Waals surface area contributed by atoms with Gasteiger partial charge in [-0.2, -0.15) is 4.31 Å². The number of sulfonamides is 1. The molecule has 1 fully saturated rings. The number of rotatable bonds is 6. The number of carbonyl (C=O) groups excluding carboxylic acids is 1. The number of carbonyl (C=O) groups is 1. The molecule has 0 saturated carbocycles. The SMILES string of the molecule is O=C(c1ccccc1OCc1ccccc1)N1CCN(S(=O)(=O)c2ccccc2)CC1. The number of amides is 1. The molecule has 1 aliphatic heterocycles. The van der Waals surface area contributed by atoms with E-state index in [9.17, 15) is 13.2 Å². The fourth-order valence-corrected chi connectivity index (χ4v) is 4.99. The molecule has 0 atom stereocenters. The number of nitrogens with zero attached hydrogens (tertiary/aromatic N) is 2. The van der Waals surface area contributed by atoms with Crippen molar-refractivity contribution in [1.29, 1.82) is 0 Å². The predicted octanol–water partition coefficient (Wildman–Crippen LogP) is 3.41. The van der Waals surface area contributed by atoms with E-state index in [0.717, 1.165) is 5.56 Å². The van der Waals surface area contributed by atoms with Gasteiger partial charge in [-0.25, -0.2) is 8.42 Å². The largest absolute Gasteiger partial charge is 0.488 e. The molecule has 3 aromatic carbocycles. The van der Waals surface area contributed by atoms with Crippen molar-refractivity contribution in [2.75, 3.05) is 26.2 Å². The van der Waals surface area contributed by atoms with E-state index in [1.807, 2.05) is 36.4 Å². The molecule has 1 aliphatic rings. The van der Waals surface area contributed by atoms with E-state index in [1.54, 1.807) is 53.4 Å². The molecular formula is C24H24N2O4S. The topological polar surface area (TPSA) is 66.9 Å². The zero-order valence-corrected chi connectivity index (χ0v) is 17.9. The highest BCUT2D eigenvalue weighted by atomic mass is 32.2. The summed E-state index contributed by atoms with van der Waals surface area (Å²) in [7, 11) is -3.55. The van der Waals surface area contributed by atoms with Crippen molar-refractivity contribution in [3.05, 3.63) is 96.1 Å². The van der Waals surface area contributed by atoms with E-state index < -0.39 is 10.0 Å². The van der Waals surface area contributed by atoms with Gasteiger partial charge in [0.1, 0.15) is 12.4 Å². The summed E-state index contributed by atoms with van der Waals surface area (Å²) in [5.41, 5.74) is 1.50. The van der Waals surface area contributed by atoms with Gasteiger partial charge in [0, 0.05) is 26.2 Å². The van der Waals surface area contributed by atoms with Crippen LogP contribution in [0, 0.1) is 0 Å². The maximum absolute atomic E-state index is 13.1. The Labute approximate surface area is 182 Å². The molecule has 0 unspecified atom stereocenters. The van der Waals surface area contributed by atoms with E-state index in [0.29, 0.717) is 31.0 Å². The van der Waals surface area contributed by atoms with Crippen molar-refractivity contribution in [1.82, 2.24) is 9.21 Å². The summed E-state index contributed by atoms with van der Waals surface area (Å²) in [4.78, 5) is 15.1. The Morgan fingerprint density at radius 3 is 2.03 bits per heavy atom. The Morgan fingerprint density at radius 1 is 0.774 bits per heavy atom. The highest BCUT2D eigenvalue weighted by molar-refractivity contribution is 7.89. The summed E-state index contributed by atoms with van der Waals surface area (Å²) in [5.74, 6) is 0.371. The maximum atomic E-state index is 13.1. The summed E-state index contributed by atoms with van der Waals surface area (Å²) in [6.45, 7) is 1.55. The minimum absolute atomic E-state index is 0.152. The Morgan fingerprint density at radius 2 is 1.35 bits per heavy atom. The molecule has 0 bridgehead atoms. The smallest absolute Gasteiger partial charge is 0.257 e. The van der Waals surface area contributed by atoms with Gasteiger partial charge < -0.3 is 9.64 Å². The van der Waals surface area contributed by atoms with Gasteiger partial charge in [-0.05, 0) is 29.8 Å². The van der Waals surface area contributed by atoms with Gasteiger partial charge >= 0.3 is 0 Å². The third-order valence-corrected chi connectivity index (χ3v) is 7.17. The fourth-order valence-electron chi connectivity index (χ4n) is 3.55. The fraction of sp³-hybridized carbons (Fsp3) is 0.208. The molecule has 1 heterocycles. The molecule has 0 N–H and O–H groups in total. The highest BCUT2D eigenvalue weighted by Gasteiger charge is 2.31. The second-order valence-corrected chi connectivity index (χ2v) is 9.22. The average Bonchev–Trinajstić information content (AvgIpc) is 2.84. The van der Waals surface area contributed by atoms with Gasteiger partial charge in [0.25, 0.3) is 5.91 Å². The van der Waals surface area contributed by atoms with Crippen LogP contribution in [-0.4, -0.2) is 49.7 Å². The standard InChI is InChI=1S/C24H24N2O4S/c27-24(22-13-7-8-14-23(22)30-19-20-9-3-1-4-10-20)25-15-17-26(18-16-25)31(28,29)21-11-5-2-6-12-21/h1-14H,15-19H2. The van der Waals surface area contributed by atoms with Crippen LogP contribution in [0.25, 0.3) is 0 Å². The first kappa shape index (κ1) is 21.1. The van der Waals surface area contributed by atoms with Gasteiger partial charge in [-0.3, -0.25) is 4.79 Å². The Bertz CT molecular complexity index is 1130. The molecule has 1 saturated heterocycles. The quantitative estimate of drug-likeness (QED) is 0.594. The van der Waals surface area contributed by atoms with Crippen molar-refractivity contribution in [2.24, 2.45) is 0 Å². The molecule has 3 aromatic rings. The van der Waals surface area contributed by atoms with Crippen molar-refractivity contribution in [3.8, 4) is 5.75 Å². The molecule has 0 aliphatic carbocycles. The zero-order chi connectivity index (χ0) is 21.7. The van der Waals surface area contributed by atoms with E-state index >= 15 is 0 Å². The van der Waals surface area contributed by atoms with Crippen LogP contribution in [0.15, 0.2) is 89.8 Å². The number of ether oxygens (including phenoxy) is 1. The summed E-state index contributed by atoms with van der Waals surface area (Å²) in [6, 6.07) is 25.3. The number of benzene rings is 3. The molecule has 1 amide bonds. The van der Waals surface area contributed by atoms with Crippen LogP contribution in [0.3, 0.4) is 0 Å². The molecule has 4 rings (SSSR count). The molecule has 31 heavy (non-hydrogen) atoms. The Kier molecular flexibility index (Phi) is 6.34. The van der Waals surface area contributed by atoms with Crippen LogP contribution < -0.4 is 4.74 Å². The lowest BCUT2D eigenvalue weighted by Crippen LogP contribution is -2.50. The first-order valence-electron chi connectivity index (χ1n) is 10.2. The second-order valence-electron chi connectivity index (χ2n) is 7.28. The lowest BCUT2D eigenvalue weighted by atomic mass is 10.1. The van der Waals surface area contributed by atoms with E-state index in [2.05, 4.69) is 0 Å². The van der Waals surface area contributed by atoms with E-state index in [1.165, 1.54) is 4.31 Å². The third-order valence-electron chi connectivity index (χ3n) is 5.26. The normalized spacial score (nSPS) is 14.9. The zero-order valence-electron chi connectivity index (χ0n) is 17.1. The van der Waals surface area contributed by atoms with Crippen molar-refractivity contribution in [2.45, 2.75) is 11.5 Å². The van der Waals surface area contributed by atoms with Crippen LogP contribution >= 0.6 is 0 Å². The van der Waals surface area contributed by atoms with Crippen LogP contribution in [0.4, 0.5) is 0 Å². The second kappa shape index (κ2) is 9.32. The van der Waals surface area contributed by atoms with Crippen molar-refractivity contribution in [3.63, 3.8) is 0 Å². The Balaban J connectivity index is 1.42. The molecule has 0 aromatic heterocycles. The third kappa shape index (κ3) is 4.78. The van der Waals surface area contributed by atoms with Gasteiger partial charge in [0.05, 0.1) is 10.5 Å². The predicted molar refractivity (Wildman–Crippen MR) is 118 cm³/mol. The monoisotopic (exact) mass is 436 g/mol.